The van der Waals surface area contributed by atoms with E-state index in [9.17, 15) is 0 Å². The highest BCUT2D eigenvalue weighted by Gasteiger charge is 2.35. The molecule has 0 amide bonds. The summed E-state index contributed by atoms with van der Waals surface area (Å²) >= 11 is 0. The van der Waals surface area contributed by atoms with E-state index in [1.807, 2.05) is 5.20 Å². The minimum absolute atomic E-state index is 0.570. The molecule has 1 aromatic rings. The molecule has 1 aliphatic carbocycles. The quantitative estimate of drug-likeness (QED) is 0.133. The van der Waals surface area contributed by atoms with Crippen molar-refractivity contribution in [3.8, 4) is 0 Å². The minimum atomic E-state index is -1.41. The van der Waals surface area contributed by atoms with E-state index in [0.29, 0.717) is 5.92 Å². The first-order chi connectivity index (χ1) is 18.5. The molecule has 2 heteroatoms. The summed E-state index contributed by atoms with van der Waals surface area (Å²) in [5.74, 6) is 0.570. The van der Waals surface area contributed by atoms with Crippen LogP contribution in [0.1, 0.15) is 136 Å². The first-order valence-corrected chi connectivity index (χ1v) is 22.3. The van der Waals surface area contributed by atoms with E-state index in [1.54, 1.807) is 10.8 Å². The van der Waals surface area contributed by atoms with Crippen molar-refractivity contribution in [2.24, 2.45) is 0 Å². The highest BCUT2D eigenvalue weighted by molar-refractivity contribution is 6.92. The molecule has 0 saturated heterocycles. The van der Waals surface area contributed by atoms with E-state index in [4.69, 9.17) is 0 Å². The molecule has 0 saturated carbocycles. The van der Waals surface area contributed by atoms with Crippen LogP contribution in [0.5, 0.6) is 0 Å². The first-order valence-electron chi connectivity index (χ1n) is 17.0. The Morgan fingerprint density at radius 2 is 0.947 bits per heavy atom. The standard InChI is InChI=1S/C36H64Si2/c1-7-13-27-37(28-14-8-2,29-15-9-3)35-23-19-33(20-24-35)34-21-25-36(26-22-34)38(30-16-10-4,31-17-11-5)32-18-12-6/h19-21,23-26,34H,7-18,22,27-32H2,1-6H3. The molecule has 1 aliphatic rings. The van der Waals surface area contributed by atoms with Crippen LogP contribution in [-0.4, -0.2) is 16.1 Å². The maximum Gasteiger partial charge on any atom is 0.0867 e. The Balaban J connectivity index is 2.25. The molecule has 0 fully saturated rings. The Hall–Kier alpha value is -0.866. The van der Waals surface area contributed by atoms with Crippen molar-refractivity contribution in [3.63, 3.8) is 0 Å². The number of rotatable bonds is 21. The summed E-state index contributed by atoms with van der Waals surface area (Å²) in [7, 11) is -2.79. The van der Waals surface area contributed by atoms with Gasteiger partial charge in [-0.2, -0.15) is 0 Å². The maximum absolute atomic E-state index is 2.72. The lowest BCUT2D eigenvalue weighted by molar-refractivity contribution is 0.792. The molecule has 0 bridgehead atoms. The topological polar surface area (TPSA) is 0 Å². The normalized spacial score (nSPS) is 16.2. The van der Waals surface area contributed by atoms with Gasteiger partial charge in [-0.3, -0.25) is 0 Å². The van der Waals surface area contributed by atoms with Gasteiger partial charge in [-0.25, -0.2) is 0 Å². The van der Waals surface area contributed by atoms with Crippen LogP contribution in [0.25, 0.3) is 0 Å². The van der Waals surface area contributed by atoms with E-state index >= 15 is 0 Å². The van der Waals surface area contributed by atoms with Crippen molar-refractivity contribution in [3.05, 3.63) is 53.3 Å². The third-order valence-electron chi connectivity index (χ3n) is 9.72. The molecule has 2 rings (SSSR count). The van der Waals surface area contributed by atoms with Crippen LogP contribution in [0, 0.1) is 0 Å². The lowest BCUT2D eigenvalue weighted by atomic mass is 9.93. The van der Waals surface area contributed by atoms with Gasteiger partial charge in [0, 0.05) is 5.92 Å². The van der Waals surface area contributed by atoms with Crippen molar-refractivity contribution in [2.45, 2.75) is 167 Å². The zero-order valence-corrected chi connectivity index (χ0v) is 28.6. The molecule has 0 N–H and O–H groups in total. The van der Waals surface area contributed by atoms with Crippen molar-refractivity contribution < 1.29 is 0 Å². The van der Waals surface area contributed by atoms with Gasteiger partial charge in [0.1, 0.15) is 0 Å². The molecular weight excluding hydrogens is 489 g/mol. The van der Waals surface area contributed by atoms with Gasteiger partial charge < -0.3 is 0 Å². The molecule has 1 aromatic carbocycles. The lowest BCUT2D eigenvalue weighted by Crippen LogP contribution is -2.47. The molecule has 0 heterocycles. The minimum Gasteiger partial charge on any atom is -0.0843 e. The molecule has 38 heavy (non-hydrogen) atoms. The molecule has 0 spiro atoms. The molecule has 1 unspecified atom stereocenters. The SMILES string of the molecule is CCCC[Si](CCCC)(CCCC)C1=CCC(c2ccc([Si](CCCC)(CCCC)CCCC)cc2)C=C1. The summed E-state index contributed by atoms with van der Waals surface area (Å²) in [4.78, 5) is 0. The van der Waals surface area contributed by atoms with Crippen molar-refractivity contribution >= 4 is 21.3 Å². The molecule has 0 aliphatic heterocycles. The molecule has 216 valence electrons. The third kappa shape index (κ3) is 9.65. The summed E-state index contributed by atoms with van der Waals surface area (Å²) in [5, 5.41) is 3.57. The Morgan fingerprint density at radius 3 is 1.29 bits per heavy atom. The molecule has 1 atom stereocenters. The van der Waals surface area contributed by atoms with E-state index in [0.717, 1.165) is 0 Å². The van der Waals surface area contributed by atoms with Gasteiger partial charge in [0.2, 0.25) is 0 Å². The monoisotopic (exact) mass is 552 g/mol. The number of allylic oxidation sites excluding steroid dienone is 4. The largest absolute Gasteiger partial charge is 0.0867 e. The van der Waals surface area contributed by atoms with Crippen molar-refractivity contribution in [1.29, 1.82) is 0 Å². The number of benzene rings is 1. The van der Waals surface area contributed by atoms with Gasteiger partial charge in [-0.1, -0.05) is 208 Å². The van der Waals surface area contributed by atoms with Crippen LogP contribution in [0.2, 0.25) is 36.3 Å². The fourth-order valence-electron chi connectivity index (χ4n) is 7.05. The Kier molecular flexibility index (Phi) is 16.2. The van der Waals surface area contributed by atoms with Gasteiger partial charge in [0.05, 0.1) is 16.1 Å². The second-order valence-electron chi connectivity index (χ2n) is 12.7. The number of hydrogen-bond acceptors (Lipinski definition) is 0. The van der Waals surface area contributed by atoms with Crippen LogP contribution in [0.3, 0.4) is 0 Å². The van der Waals surface area contributed by atoms with E-state index in [-0.39, 0.29) is 0 Å². The maximum atomic E-state index is 2.72. The van der Waals surface area contributed by atoms with E-state index < -0.39 is 16.1 Å². The summed E-state index contributed by atoms with van der Waals surface area (Å²) in [6.07, 6.45) is 25.7. The Labute approximate surface area is 241 Å². The van der Waals surface area contributed by atoms with E-state index in [1.165, 1.54) is 120 Å². The molecular formula is C36H64Si2. The molecule has 0 radical (unpaired) electrons. The zero-order valence-electron chi connectivity index (χ0n) is 26.6. The molecule has 0 aromatic heterocycles. The Morgan fingerprint density at radius 1 is 0.553 bits per heavy atom. The van der Waals surface area contributed by atoms with Gasteiger partial charge in [-0.15, -0.1) is 0 Å². The second kappa shape index (κ2) is 18.5. The first kappa shape index (κ1) is 33.3. The summed E-state index contributed by atoms with van der Waals surface area (Å²) in [5.41, 5.74) is 1.55. The van der Waals surface area contributed by atoms with Crippen LogP contribution in [0.15, 0.2) is 47.7 Å². The third-order valence-corrected chi connectivity index (χ3v) is 20.7. The van der Waals surface area contributed by atoms with Gasteiger partial charge in [-0.05, 0) is 12.0 Å². The predicted octanol–water partition coefficient (Wildman–Crippen LogP) is 12.1. The summed E-state index contributed by atoms with van der Waals surface area (Å²) in [6, 6.07) is 19.3. The van der Waals surface area contributed by atoms with Gasteiger partial charge in [0.25, 0.3) is 0 Å². The summed E-state index contributed by atoms with van der Waals surface area (Å²) < 4.78 is 0. The fraction of sp³-hybridized carbons (Fsp3) is 0.722. The highest BCUT2D eigenvalue weighted by Crippen LogP contribution is 2.39. The average Bonchev–Trinajstić information content (AvgIpc) is 2.97. The second-order valence-corrected chi connectivity index (χ2v) is 21.9. The molecule has 0 nitrogen and oxygen atoms in total. The number of hydrogen-bond donors (Lipinski definition) is 0. The van der Waals surface area contributed by atoms with Gasteiger partial charge in [0.15, 0.2) is 0 Å². The van der Waals surface area contributed by atoms with Crippen molar-refractivity contribution in [2.75, 3.05) is 0 Å². The fourth-order valence-corrected chi connectivity index (χ4v) is 18.3. The predicted molar refractivity (Wildman–Crippen MR) is 180 cm³/mol. The van der Waals surface area contributed by atoms with E-state index in [2.05, 4.69) is 84.0 Å². The average molecular weight is 553 g/mol. The lowest BCUT2D eigenvalue weighted by Gasteiger charge is -2.36. The summed E-state index contributed by atoms with van der Waals surface area (Å²) in [6.45, 7) is 14.3. The Bertz CT molecular complexity index is 760. The van der Waals surface area contributed by atoms with Crippen LogP contribution < -0.4 is 5.19 Å². The zero-order chi connectivity index (χ0) is 27.7. The van der Waals surface area contributed by atoms with Crippen LogP contribution in [0.4, 0.5) is 0 Å². The smallest absolute Gasteiger partial charge is 0.0843 e. The van der Waals surface area contributed by atoms with Gasteiger partial charge >= 0.3 is 0 Å². The van der Waals surface area contributed by atoms with Crippen LogP contribution in [-0.2, 0) is 0 Å². The van der Waals surface area contributed by atoms with Crippen LogP contribution >= 0.6 is 0 Å². The highest BCUT2D eigenvalue weighted by atomic mass is 28.3. The van der Waals surface area contributed by atoms with Crippen molar-refractivity contribution in [1.82, 2.24) is 0 Å². The number of unbranched alkanes of at least 4 members (excludes halogenated alkanes) is 6.